The van der Waals surface area contributed by atoms with Crippen LogP contribution in [0.15, 0.2) is 39.3 Å². The lowest BCUT2D eigenvalue weighted by Gasteiger charge is -2.14. The van der Waals surface area contributed by atoms with E-state index in [0.29, 0.717) is 18.9 Å². The van der Waals surface area contributed by atoms with Crippen LogP contribution >= 0.6 is 31.9 Å². The maximum absolute atomic E-state index is 13.6. The van der Waals surface area contributed by atoms with Gasteiger partial charge in [0.15, 0.2) is 11.6 Å². The molecule has 0 saturated carbocycles. The van der Waals surface area contributed by atoms with Crippen LogP contribution in [0, 0.1) is 11.6 Å². The minimum absolute atomic E-state index is 0.119. The van der Waals surface area contributed by atoms with Crippen LogP contribution in [0.1, 0.15) is 12.5 Å². The summed E-state index contributed by atoms with van der Waals surface area (Å²) in [6.07, 6.45) is 0. The van der Waals surface area contributed by atoms with Gasteiger partial charge >= 0.3 is 0 Å². The van der Waals surface area contributed by atoms with E-state index in [0.717, 1.165) is 20.6 Å². The van der Waals surface area contributed by atoms with Crippen LogP contribution in [-0.2, 0) is 6.54 Å². The minimum Gasteiger partial charge on any atom is -0.492 e. The van der Waals surface area contributed by atoms with Crippen LogP contribution in [0.4, 0.5) is 14.5 Å². The second-order valence-electron chi connectivity index (χ2n) is 4.26. The second kappa shape index (κ2) is 7.22. The molecule has 0 atom stereocenters. The molecule has 0 radical (unpaired) electrons. The van der Waals surface area contributed by atoms with Crippen molar-refractivity contribution >= 4 is 37.5 Å². The molecule has 0 saturated heterocycles. The van der Waals surface area contributed by atoms with Crippen LogP contribution in [0.25, 0.3) is 0 Å². The Labute approximate surface area is 138 Å². The molecule has 112 valence electrons. The van der Waals surface area contributed by atoms with Gasteiger partial charge in [-0.05, 0) is 47.1 Å². The predicted octanol–water partition coefficient (Wildman–Crippen LogP) is 5.50. The highest BCUT2D eigenvalue weighted by molar-refractivity contribution is 9.11. The van der Waals surface area contributed by atoms with Crippen LogP contribution in [0.2, 0.25) is 0 Å². The van der Waals surface area contributed by atoms with Gasteiger partial charge in [0, 0.05) is 16.6 Å². The largest absolute Gasteiger partial charge is 0.492 e. The number of ether oxygens (including phenoxy) is 1. The average molecular weight is 421 g/mol. The van der Waals surface area contributed by atoms with E-state index in [1.54, 1.807) is 0 Å². The quantitative estimate of drug-likeness (QED) is 0.689. The van der Waals surface area contributed by atoms with Crippen molar-refractivity contribution < 1.29 is 13.5 Å². The molecule has 1 N–H and O–H groups in total. The zero-order valence-electron chi connectivity index (χ0n) is 11.2. The number of nitrogens with one attached hydrogen (secondary N) is 1. The second-order valence-corrected chi connectivity index (χ2v) is 6.03. The maximum atomic E-state index is 13.6. The van der Waals surface area contributed by atoms with Gasteiger partial charge in [0.05, 0.1) is 16.8 Å². The van der Waals surface area contributed by atoms with Gasteiger partial charge in [0.1, 0.15) is 5.75 Å². The lowest BCUT2D eigenvalue weighted by molar-refractivity contribution is 0.334. The summed E-state index contributed by atoms with van der Waals surface area (Å²) < 4.78 is 34.1. The van der Waals surface area contributed by atoms with E-state index in [1.165, 1.54) is 12.1 Å². The van der Waals surface area contributed by atoms with Gasteiger partial charge in [-0.15, -0.1) is 0 Å². The summed E-state index contributed by atoms with van der Waals surface area (Å²) in [6, 6.07) is 7.78. The fourth-order valence-corrected chi connectivity index (χ4v) is 3.31. The zero-order chi connectivity index (χ0) is 15.4. The molecular formula is C15H13Br2F2NO. The number of benzene rings is 2. The van der Waals surface area contributed by atoms with Crippen molar-refractivity contribution in [3.05, 3.63) is 56.5 Å². The fourth-order valence-electron chi connectivity index (χ4n) is 1.88. The Morgan fingerprint density at radius 2 is 1.95 bits per heavy atom. The van der Waals surface area contributed by atoms with E-state index in [9.17, 15) is 8.78 Å². The van der Waals surface area contributed by atoms with E-state index >= 15 is 0 Å². The van der Waals surface area contributed by atoms with Crippen molar-refractivity contribution in [2.45, 2.75) is 13.5 Å². The predicted molar refractivity (Wildman–Crippen MR) is 86.7 cm³/mol. The number of hydrogen-bond donors (Lipinski definition) is 1. The topological polar surface area (TPSA) is 21.3 Å². The minimum atomic E-state index is -0.885. The van der Waals surface area contributed by atoms with Crippen molar-refractivity contribution in [3.8, 4) is 5.75 Å². The normalized spacial score (nSPS) is 10.5. The molecule has 6 heteroatoms. The highest BCUT2D eigenvalue weighted by Gasteiger charge is 2.12. The molecule has 0 spiro atoms. The first kappa shape index (κ1) is 16.2. The monoisotopic (exact) mass is 419 g/mol. The molecule has 0 aliphatic rings. The molecule has 21 heavy (non-hydrogen) atoms. The average Bonchev–Trinajstić information content (AvgIpc) is 2.44. The van der Waals surface area contributed by atoms with Gasteiger partial charge in [-0.25, -0.2) is 8.78 Å². The lowest BCUT2D eigenvalue weighted by atomic mass is 10.2. The number of hydrogen-bond acceptors (Lipinski definition) is 2. The third-order valence-corrected chi connectivity index (χ3v) is 3.84. The number of halogens is 4. The Morgan fingerprint density at radius 1 is 1.19 bits per heavy atom. The summed E-state index contributed by atoms with van der Waals surface area (Å²) in [7, 11) is 0. The molecular weight excluding hydrogens is 408 g/mol. The van der Waals surface area contributed by atoms with Crippen LogP contribution in [-0.4, -0.2) is 6.61 Å². The third kappa shape index (κ3) is 3.95. The van der Waals surface area contributed by atoms with Gasteiger partial charge in [-0.2, -0.15) is 0 Å². The van der Waals surface area contributed by atoms with Crippen molar-refractivity contribution in [1.29, 1.82) is 0 Å². The Balaban J connectivity index is 2.25. The molecule has 0 bridgehead atoms. The Morgan fingerprint density at radius 3 is 2.67 bits per heavy atom. The van der Waals surface area contributed by atoms with Crippen molar-refractivity contribution in [2.75, 3.05) is 11.9 Å². The smallest absolute Gasteiger partial charge is 0.181 e. The summed E-state index contributed by atoms with van der Waals surface area (Å²) in [6.45, 7) is 2.72. The summed E-state index contributed by atoms with van der Waals surface area (Å²) >= 11 is 6.84. The van der Waals surface area contributed by atoms with Crippen molar-refractivity contribution in [3.63, 3.8) is 0 Å². The summed E-state index contributed by atoms with van der Waals surface area (Å²) in [5.41, 5.74) is 0.954. The molecule has 0 fully saturated rings. The van der Waals surface area contributed by atoms with Gasteiger partial charge < -0.3 is 10.1 Å². The van der Waals surface area contributed by atoms with Gasteiger partial charge in [0.2, 0.25) is 0 Å². The molecule has 0 aliphatic carbocycles. The molecule has 0 aliphatic heterocycles. The number of rotatable bonds is 5. The summed E-state index contributed by atoms with van der Waals surface area (Å²) in [4.78, 5) is 0. The van der Waals surface area contributed by atoms with Crippen molar-refractivity contribution in [1.82, 2.24) is 0 Å². The highest BCUT2D eigenvalue weighted by atomic mass is 79.9. The van der Waals surface area contributed by atoms with E-state index in [1.807, 2.05) is 19.1 Å². The number of anilines is 1. The fraction of sp³-hybridized carbons (Fsp3) is 0.200. The maximum Gasteiger partial charge on any atom is 0.181 e. The zero-order valence-corrected chi connectivity index (χ0v) is 14.4. The first-order valence-electron chi connectivity index (χ1n) is 6.31. The molecule has 2 rings (SSSR count). The first-order valence-corrected chi connectivity index (χ1v) is 7.90. The van der Waals surface area contributed by atoms with E-state index in [2.05, 4.69) is 37.2 Å². The van der Waals surface area contributed by atoms with Crippen LogP contribution in [0.5, 0.6) is 5.75 Å². The molecule has 2 nitrogen and oxygen atoms in total. The van der Waals surface area contributed by atoms with Crippen LogP contribution in [0.3, 0.4) is 0 Å². The SMILES string of the molecule is CCOc1c(Br)cc(Br)cc1CNc1cccc(F)c1F. The summed E-state index contributed by atoms with van der Waals surface area (Å²) in [5, 5.41) is 2.89. The van der Waals surface area contributed by atoms with Gasteiger partial charge in [-0.1, -0.05) is 22.0 Å². The molecule has 0 heterocycles. The van der Waals surface area contributed by atoms with E-state index in [4.69, 9.17) is 4.74 Å². The third-order valence-electron chi connectivity index (χ3n) is 2.79. The molecule has 0 aromatic heterocycles. The Hall–Kier alpha value is -1.14. The highest BCUT2D eigenvalue weighted by Crippen LogP contribution is 2.33. The molecule has 0 amide bonds. The van der Waals surface area contributed by atoms with Crippen LogP contribution < -0.4 is 10.1 Å². The standard InChI is InChI=1S/C15H13Br2F2NO/c1-2-21-15-9(6-10(16)7-11(15)17)8-20-13-5-3-4-12(18)14(13)19/h3-7,20H,2,8H2,1H3. The van der Waals surface area contributed by atoms with E-state index < -0.39 is 11.6 Å². The summed E-state index contributed by atoms with van der Waals surface area (Å²) in [5.74, 6) is -1.07. The van der Waals surface area contributed by atoms with Gasteiger partial charge in [0.25, 0.3) is 0 Å². The lowest BCUT2D eigenvalue weighted by Crippen LogP contribution is -2.06. The molecule has 2 aromatic rings. The molecule has 2 aromatic carbocycles. The Kier molecular flexibility index (Phi) is 5.58. The Bertz CT molecular complexity index is 650. The van der Waals surface area contributed by atoms with Gasteiger partial charge in [-0.3, -0.25) is 0 Å². The first-order chi connectivity index (χ1) is 10.0. The molecule has 0 unspecified atom stereocenters. The van der Waals surface area contributed by atoms with Crippen molar-refractivity contribution in [2.24, 2.45) is 0 Å². The van der Waals surface area contributed by atoms with E-state index in [-0.39, 0.29) is 5.69 Å².